The predicted octanol–water partition coefficient (Wildman–Crippen LogP) is 5.11. The molecule has 0 bridgehead atoms. The number of benzene rings is 2. The summed E-state index contributed by atoms with van der Waals surface area (Å²) in [7, 11) is 0. The Labute approximate surface area is 141 Å². The highest BCUT2D eigenvalue weighted by Gasteiger charge is 2.08. The monoisotopic (exact) mass is 386 g/mol. The average Bonchev–Trinajstić information content (AvgIpc) is 2.44. The number of anilines is 2. The van der Waals surface area contributed by atoms with Gasteiger partial charge >= 0.3 is 0 Å². The summed E-state index contributed by atoms with van der Waals surface area (Å²) < 4.78 is 0.735. The molecule has 21 heavy (non-hydrogen) atoms. The van der Waals surface area contributed by atoms with Crippen molar-refractivity contribution < 1.29 is 4.79 Å². The lowest BCUT2D eigenvalue weighted by Gasteiger charge is -2.11. The van der Waals surface area contributed by atoms with Crippen molar-refractivity contribution in [3.8, 4) is 0 Å². The van der Waals surface area contributed by atoms with Crippen molar-refractivity contribution in [2.24, 2.45) is 0 Å². The Morgan fingerprint density at radius 3 is 2.71 bits per heavy atom. The van der Waals surface area contributed by atoms with Crippen LogP contribution >= 0.6 is 39.1 Å². The standard InChI is InChI=1S/C15H13BrCl2N2O/c1-9-5-6-10(17)7-13(9)20-14(21)8-19-12-4-2-3-11(18)15(12)16/h2-7,19H,8H2,1H3,(H,20,21). The molecule has 0 heterocycles. The molecule has 0 saturated heterocycles. The molecule has 0 atom stereocenters. The van der Waals surface area contributed by atoms with E-state index < -0.39 is 0 Å². The van der Waals surface area contributed by atoms with Crippen LogP contribution in [0.5, 0.6) is 0 Å². The third-order valence-electron chi connectivity index (χ3n) is 2.86. The highest BCUT2D eigenvalue weighted by Crippen LogP contribution is 2.29. The molecule has 0 radical (unpaired) electrons. The second-order valence-corrected chi connectivity index (χ2v) is 6.10. The van der Waals surface area contributed by atoms with E-state index in [9.17, 15) is 4.79 Å². The molecule has 0 aliphatic carbocycles. The maximum absolute atomic E-state index is 12.0. The number of aryl methyl sites for hydroxylation is 1. The largest absolute Gasteiger partial charge is 0.375 e. The molecule has 110 valence electrons. The summed E-state index contributed by atoms with van der Waals surface area (Å²) in [6.45, 7) is 2.04. The van der Waals surface area contributed by atoms with Crippen molar-refractivity contribution in [1.82, 2.24) is 0 Å². The molecule has 0 spiro atoms. The van der Waals surface area contributed by atoms with Gasteiger partial charge in [0, 0.05) is 10.7 Å². The van der Waals surface area contributed by atoms with Crippen LogP contribution in [-0.4, -0.2) is 12.5 Å². The number of nitrogens with one attached hydrogen (secondary N) is 2. The van der Waals surface area contributed by atoms with E-state index in [-0.39, 0.29) is 12.5 Å². The molecule has 0 fully saturated rings. The van der Waals surface area contributed by atoms with Crippen LogP contribution in [0.1, 0.15) is 5.56 Å². The Bertz CT molecular complexity index is 677. The van der Waals surface area contributed by atoms with Gasteiger partial charge in [-0.1, -0.05) is 35.3 Å². The highest BCUT2D eigenvalue weighted by atomic mass is 79.9. The van der Waals surface area contributed by atoms with Crippen molar-refractivity contribution in [1.29, 1.82) is 0 Å². The first-order valence-corrected chi connectivity index (χ1v) is 7.76. The molecule has 6 heteroatoms. The van der Waals surface area contributed by atoms with Crippen LogP contribution in [-0.2, 0) is 4.79 Å². The highest BCUT2D eigenvalue weighted by molar-refractivity contribution is 9.10. The van der Waals surface area contributed by atoms with Crippen LogP contribution in [0.2, 0.25) is 10.0 Å². The van der Waals surface area contributed by atoms with Gasteiger partial charge in [-0.05, 0) is 52.7 Å². The molecule has 2 aromatic rings. The zero-order valence-electron chi connectivity index (χ0n) is 11.2. The van der Waals surface area contributed by atoms with Crippen LogP contribution in [0.15, 0.2) is 40.9 Å². The minimum Gasteiger partial charge on any atom is -0.375 e. The van der Waals surface area contributed by atoms with Crippen LogP contribution in [0.3, 0.4) is 0 Å². The van der Waals surface area contributed by atoms with Crippen LogP contribution in [0, 0.1) is 6.92 Å². The van der Waals surface area contributed by atoms with E-state index in [1.54, 1.807) is 18.2 Å². The number of carbonyl (C=O) groups is 1. The zero-order chi connectivity index (χ0) is 15.4. The Morgan fingerprint density at radius 2 is 1.95 bits per heavy atom. The number of carbonyl (C=O) groups excluding carboxylic acids is 1. The van der Waals surface area contributed by atoms with Crippen molar-refractivity contribution >= 4 is 56.4 Å². The summed E-state index contributed by atoms with van der Waals surface area (Å²) in [6, 6.07) is 10.8. The van der Waals surface area contributed by atoms with Gasteiger partial charge in [-0.2, -0.15) is 0 Å². The van der Waals surface area contributed by atoms with Gasteiger partial charge < -0.3 is 10.6 Å². The summed E-state index contributed by atoms with van der Waals surface area (Å²) in [5, 5.41) is 7.03. The van der Waals surface area contributed by atoms with E-state index >= 15 is 0 Å². The van der Waals surface area contributed by atoms with Gasteiger partial charge in [-0.25, -0.2) is 0 Å². The van der Waals surface area contributed by atoms with Gasteiger partial charge in [-0.3, -0.25) is 4.79 Å². The summed E-state index contributed by atoms with van der Waals surface area (Å²) in [5.74, 6) is -0.160. The lowest BCUT2D eigenvalue weighted by Crippen LogP contribution is -2.22. The molecule has 0 unspecified atom stereocenters. The number of hydrogen-bond acceptors (Lipinski definition) is 2. The topological polar surface area (TPSA) is 41.1 Å². The number of rotatable bonds is 4. The lowest BCUT2D eigenvalue weighted by molar-refractivity contribution is -0.114. The number of halogens is 3. The smallest absolute Gasteiger partial charge is 0.243 e. The van der Waals surface area contributed by atoms with Crippen LogP contribution < -0.4 is 10.6 Å². The van der Waals surface area contributed by atoms with Gasteiger partial charge in [0.25, 0.3) is 0 Å². The normalized spacial score (nSPS) is 10.3. The van der Waals surface area contributed by atoms with Crippen molar-refractivity contribution in [2.45, 2.75) is 6.92 Å². The molecule has 0 aromatic heterocycles. The first-order valence-electron chi connectivity index (χ1n) is 6.21. The van der Waals surface area contributed by atoms with Gasteiger partial charge in [0.1, 0.15) is 0 Å². The maximum Gasteiger partial charge on any atom is 0.243 e. The van der Waals surface area contributed by atoms with Gasteiger partial charge in [0.05, 0.1) is 21.7 Å². The molecule has 0 saturated carbocycles. The Kier molecular flexibility index (Phi) is 5.51. The molecule has 2 aromatic carbocycles. The van der Waals surface area contributed by atoms with Crippen LogP contribution in [0.4, 0.5) is 11.4 Å². The third-order valence-corrected chi connectivity index (χ3v) is 4.50. The second-order valence-electron chi connectivity index (χ2n) is 4.46. The van der Waals surface area contributed by atoms with E-state index in [1.807, 2.05) is 25.1 Å². The molecule has 0 aliphatic rings. The molecule has 0 aliphatic heterocycles. The average molecular weight is 388 g/mol. The van der Waals surface area contributed by atoms with Gasteiger partial charge in [-0.15, -0.1) is 0 Å². The van der Waals surface area contributed by atoms with E-state index in [2.05, 4.69) is 26.6 Å². The maximum atomic E-state index is 12.0. The third kappa shape index (κ3) is 4.37. The van der Waals surface area contributed by atoms with E-state index in [4.69, 9.17) is 23.2 Å². The Hall–Kier alpha value is -1.23. The van der Waals surface area contributed by atoms with E-state index in [0.29, 0.717) is 15.7 Å². The molecular weight excluding hydrogens is 375 g/mol. The van der Waals surface area contributed by atoms with Gasteiger partial charge in [0.2, 0.25) is 5.91 Å². The first kappa shape index (κ1) is 16.1. The minimum atomic E-state index is -0.160. The number of hydrogen-bond donors (Lipinski definition) is 2. The molecule has 3 nitrogen and oxygen atoms in total. The summed E-state index contributed by atoms with van der Waals surface area (Å²) in [4.78, 5) is 12.0. The lowest BCUT2D eigenvalue weighted by atomic mass is 10.2. The van der Waals surface area contributed by atoms with Crippen molar-refractivity contribution in [3.05, 3.63) is 56.5 Å². The van der Waals surface area contributed by atoms with Gasteiger partial charge in [0.15, 0.2) is 0 Å². The molecule has 1 amide bonds. The summed E-state index contributed by atoms with van der Waals surface area (Å²) in [6.07, 6.45) is 0. The SMILES string of the molecule is Cc1ccc(Cl)cc1NC(=O)CNc1cccc(Cl)c1Br. The Balaban J connectivity index is 1.99. The molecule has 2 N–H and O–H groups in total. The number of amides is 1. The molecule has 2 rings (SSSR count). The van der Waals surface area contributed by atoms with Crippen molar-refractivity contribution in [3.63, 3.8) is 0 Å². The second kappa shape index (κ2) is 7.16. The fourth-order valence-corrected chi connectivity index (χ4v) is 2.49. The summed E-state index contributed by atoms with van der Waals surface area (Å²) >= 11 is 15.3. The quantitative estimate of drug-likeness (QED) is 0.764. The van der Waals surface area contributed by atoms with E-state index in [1.165, 1.54) is 0 Å². The van der Waals surface area contributed by atoms with E-state index in [0.717, 1.165) is 15.7 Å². The Morgan fingerprint density at radius 1 is 1.19 bits per heavy atom. The minimum absolute atomic E-state index is 0.130. The summed E-state index contributed by atoms with van der Waals surface area (Å²) in [5.41, 5.74) is 2.43. The zero-order valence-corrected chi connectivity index (χ0v) is 14.3. The molecular formula is C15H13BrCl2N2O. The van der Waals surface area contributed by atoms with Crippen LogP contribution in [0.25, 0.3) is 0 Å². The fourth-order valence-electron chi connectivity index (χ4n) is 1.74. The van der Waals surface area contributed by atoms with Crippen molar-refractivity contribution in [2.75, 3.05) is 17.2 Å². The predicted molar refractivity (Wildman–Crippen MR) is 92.5 cm³/mol. The fraction of sp³-hybridized carbons (Fsp3) is 0.133. The first-order chi connectivity index (χ1) is 9.97.